The molecule has 1 fully saturated rings. The lowest BCUT2D eigenvalue weighted by atomic mass is 9.99. The van der Waals surface area contributed by atoms with Gasteiger partial charge in [-0.3, -0.25) is 14.6 Å². The Morgan fingerprint density at radius 1 is 1.22 bits per heavy atom. The number of fused-ring (bicyclic) bond motifs is 2. The summed E-state index contributed by atoms with van der Waals surface area (Å²) in [7, 11) is 1.68. The Morgan fingerprint density at radius 2 is 2.09 bits per heavy atom. The van der Waals surface area contributed by atoms with Crippen molar-refractivity contribution in [3.8, 4) is 28.3 Å². The summed E-state index contributed by atoms with van der Waals surface area (Å²) in [6.45, 7) is 2.98. The minimum Gasteiger partial charge on any atom is -0.494 e. The number of amides is 1. The maximum absolute atomic E-state index is 11.5. The van der Waals surface area contributed by atoms with E-state index in [1.807, 2.05) is 28.0 Å². The van der Waals surface area contributed by atoms with Gasteiger partial charge in [0.2, 0.25) is 5.91 Å². The van der Waals surface area contributed by atoms with Crippen molar-refractivity contribution < 1.29 is 9.53 Å². The van der Waals surface area contributed by atoms with E-state index in [1.54, 1.807) is 14.0 Å². The molecule has 2 aliphatic rings. The van der Waals surface area contributed by atoms with Crippen molar-refractivity contribution in [2.45, 2.75) is 32.2 Å². The number of nitrogens with zero attached hydrogens (tertiary/aromatic N) is 5. The first kappa shape index (κ1) is 19.0. The molecule has 0 bridgehead atoms. The lowest BCUT2D eigenvalue weighted by molar-refractivity contribution is -0.134. The Balaban J connectivity index is 1.41. The number of aromatic amines is 1. The van der Waals surface area contributed by atoms with Crippen LogP contribution in [0, 0.1) is 0 Å². The summed E-state index contributed by atoms with van der Waals surface area (Å²) in [5, 5.41) is 12.2. The summed E-state index contributed by atoms with van der Waals surface area (Å²) in [4.78, 5) is 18.3. The Labute approximate surface area is 185 Å². The van der Waals surface area contributed by atoms with Crippen molar-refractivity contribution in [3.63, 3.8) is 0 Å². The van der Waals surface area contributed by atoms with Crippen LogP contribution in [-0.2, 0) is 17.6 Å². The van der Waals surface area contributed by atoms with Gasteiger partial charge in [0.05, 0.1) is 24.9 Å². The van der Waals surface area contributed by atoms with E-state index in [0.717, 1.165) is 52.1 Å². The highest BCUT2D eigenvalue weighted by molar-refractivity contribution is 5.92. The van der Waals surface area contributed by atoms with Gasteiger partial charge in [-0.2, -0.15) is 10.2 Å². The summed E-state index contributed by atoms with van der Waals surface area (Å²) in [5.74, 6) is 0.840. The first-order chi connectivity index (χ1) is 15.6. The second-order valence-electron chi connectivity index (χ2n) is 8.59. The van der Waals surface area contributed by atoms with Gasteiger partial charge in [-0.05, 0) is 30.4 Å². The third-order valence-electron chi connectivity index (χ3n) is 6.68. The van der Waals surface area contributed by atoms with Crippen LogP contribution in [-0.4, -0.2) is 56.0 Å². The number of methoxy groups -OCH3 is 1. The van der Waals surface area contributed by atoms with Crippen LogP contribution in [0.2, 0.25) is 0 Å². The van der Waals surface area contributed by atoms with Crippen LogP contribution < -0.4 is 4.74 Å². The number of hydrogen-bond acceptors (Lipinski definition) is 5. The molecular formula is C24H24N6O2. The van der Waals surface area contributed by atoms with Gasteiger partial charge < -0.3 is 9.64 Å². The highest BCUT2D eigenvalue weighted by Gasteiger charge is 2.31. The molecule has 0 saturated carbocycles. The fraction of sp³-hybridized carbons (Fsp3) is 0.333. The topological polar surface area (TPSA) is 88.9 Å². The number of carbonyl (C=O) groups is 1. The van der Waals surface area contributed by atoms with Crippen LogP contribution in [0.25, 0.3) is 33.5 Å². The Kier molecular flexibility index (Phi) is 4.28. The zero-order chi connectivity index (χ0) is 21.8. The lowest BCUT2D eigenvalue weighted by Crippen LogP contribution is -2.49. The quantitative estimate of drug-likeness (QED) is 0.538. The maximum atomic E-state index is 11.5. The average molecular weight is 428 g/mol. The fourth-order valence-corrected chi connectivity index (χ4v) is 4.86. The van der Waals surface area contributed by atoms with E-state index < -0.39 is 0 Å². The molecule has 6 rings (SSSR count). The Morgan fingerprint density at radius 3 is 2.91 bits per heavy atom. The molecule has 162 valence electrons. The number of nitrogens with one attached hydrogen (secondary N) is 1. The molecule has 1 aliphatic heterocycles. The van der Waals surface area contributed by atoms with Gasteiger partial charge in [-0.25, -0.2) is 4.98 Å². The minimum atomic E-state index is 0.102. The second kappa shape index (κ2) is 7.19. The van der Waals surface area contributed by atoms with E-state index in [0.29, 0.717) is 13.1 Å². The SMILES string of the molecule is COc1cc2[nH]nc(-c3cnn(C4CN(C(C)=O)C4)c3)c2nc1-c1cccc2c1CCC2. The lowest BCUT2D eigenvalue weighted by Gasteiger charge is -2.38. The van der Waals surface area contributed by atoms with E-state index in [-0.39, 0.29) is 11.9 Å². The molecule has 1 saturated heterocycles. The molecule has 1 N–H and O–H groups in total. The monoisotopic (exact) mass is 428 g/mol. The molecular weight excluding hydrogens is 404 g/mol. The molecule has 1 aromatic carbocycles. The van der Waals surface area contributed by atoms with Gasteiger partial charge in [-0.15, -0.1) is 0 Å². The number of aryl methyl sites for hydroxylation is 1. The zero-order valence-corrected chi connectivity index (χ0v) is 18.1. The number of benzene rings is 1. The molecule has 8 nitrogen and oxygen atoms in total. The van der Waals surface area contributed by atoms with Crippen LogP contribution in [0.4, 0.5) is 0 Å². The van der Waals surface area contributed by atoms with Crippen LogP contribution in [0.3, 0.4) is 0 Å². The number of ether oxygens (including phenoxy) is 1. The zero-order valence-electron chi connectivity index (χ0n) is 18.1. The maximum Gasteiger partial charge on any atom is 0.219 e. The first-order valence-electron chi connectivity index (χ1n) is 11.0. The van der Waals surface area contributed by atoms with E-state index in [1.165, 1.54) is 17.5 Å². The number of pyridine rings is 1. The smallest absolute Gasteiger partial charge is 0.219 e. The van der Waals surface area contributed by atoms with Crippen molar-refractivity contribution in [1.29, 1.82) is 0 Å². The van der Waals surface area contributed by atoms with E-state index in [2.05, 4.69) is 33.5 Å². The molecule has 4 aromatic rings. The van der Waals surface area contributed by atoms with E-state index in [4.69, 9.17) is 9.72 Å². The van der Waals surface area contributed by atoms with Gasteiger partial charge in [0.1, 0.15) is 22.7 Å². The predicted molar refractivity (Wildman–Crippen MR) is 120 cm³/mol. The Bertz CT molecular complexity index is 1350. The van der Waals surface area contributed by atoms with Gasteiger partial charge in [0.25, 0.3) is 0 Å². The number of carbonyl (C=O) groups excluding carboxylic acids is 1. The molecule has 1 aliphatic carbocycles. The molecule has 0 unspecified atom stereocenters. The highest BCUT2D eigenvalue weighted by atomic mass is 16.5. The summed E-state index contributed by atoms with van der Waals surface area (Å²) in [6.07, 6.45) is 7.17. The highest BCUT2D eigenvalue weighted by Crippen LogP contribution is 2.38. The molecule has 4 heterocycles. The van der Waals surface area contributed by atoms with E-state index >= 15 is 0 Å². The van der Waals surface area contributed by atoms with Gasteiger partial charge in [0, 0.05) is 43.4 Å². The number of hydrogen-bond donors (Lipinski definition) is 1. The largest absolute Gasteiger partial charge is 0.494 e. The summed E-state index contributed by atoms with van der Waals surface area (Å²) in [6, 6.07) is 8.63. The van der Waals surface area contributed by atoms with Crippen molar-refractivity contribution in [2.24, 2.45) is 0 Å². The first-order valence-corrected chi connectivity index (χ1v) is 11.0. The van der Waals surface area contributed by atoms with Crippen molar-refractivity contribution >= 4 is 16.9 Å². The number of aromatic nitrogens is 5. The Hall–Kier alpha value is -3.68. The summed E-state index contributed by atoms with van der Waals surface area (Å²) < 4.78 is 7.63. The fourth-order valence-electron chi connectivity index (χ4n) is 4.86. The van der Waals surface area contributed by atoms with E-state index in [9.17, 15) is 4.79 Å². The molecule has 1 amide bonds. The standard InChI is InChI=1S/C24H24N6O2/c1-14(31)29-12-17(13-29)30-11-16(10-25-30)22-24-20(27-28-22)9-21(32-2)23(26-24)19-8-4-6-15-5-3-7-18(15)19/h4,6,8-11,17H,3,5,7,12-13H2,1-2H3,(H,27,28). The third kappa shape index (κ3) is 2.90. The normalized spacial score (nSPS) is 15.8. The van der Waals surface area contributed by atoms with Crippen molar-refractivity contribution in [2.75, 3.05) is 20.2 Å². The van der Waals surface area contributed by atoms with Crippen LogP contribution in [0.15, 0.2) is 36.7 Å². The van der Waals surface area contributed by atoms with Crippen molar-refractivity contribution in [3.05, 3.63) is 47.8 Å². The molecule has 0 spiro atoms. The molecule has 0 radical (unpaired) electrons. The number of H-pyrrole nitrogens is 1. The summed E-state index contributed by atoms with van der Waals surface area (Å²) >= 11 is 0. The summed E-state index contributed by atoms with van der Waals surface area (Å²) in [5.41, 5.74) is 8.06. The molecule has 3 aromatic heterocycles. The predicted octanol–water partition coefficient (Wildman–Crippen LogP) is 3.39. The third-order valence-corrected chi connectivity index (χ3v) is 6.68. The van der Waals surface area contributed by atoms with Gasteiger partial charge in [-0.1, -0.05) is 18.2 Å². The number of rotatable bonds is 4. The number of likely N-dealkylation sites (tertiary alicyclic amines) is 1. The molecule has 8 heteroatoms. The van der Waals surface area contributed by atoms with Gasteiger partial charge in [0.15, 0.2) is 0 Å². The van der Waals surface area contributed by atoms with Crippen LogP contribution >= 0.6 is 0 Å². The second-order valence-corrected chi connectivity index (χ2v) is 8.59. The molecule has 0 atom stereocenters. The van der Waals surface area contributed by atoms with Crippen LogP contribution in [0.1, 0.15) is 30.5 Å². The van der Waals surface area contributed by atoms with Crippen molar-refractivity contribution in [1.82, 2.24) is 29.9 Å². The average Bonchev–Trinajstić information content (AvgIpc) is 3.50. The van der Waals surface area contributed by atoms with Gasteiger partial charge >= 0.3 is 0 Å². The molecule has 32 heavy (non-hydrogen) atoms. The minimum absolute atomic E-state index is 0.102. The van der Waals surface area contributed by atoms with Crippen LogP contribution in [0.5, 0.6) is 5.75 Å².